The molecule has 0 bridgehead atoms. The molecule has 1 aliphatic rings. The smallest absolute Gasteiger partial charge is 0.164 e. The first-order valence-electron chi connectivity index (χ1n) is 5.42. The van der Waals surface area contributed by atoms with E-state index in [0.29, 0.717) is 11.5 Å². The number of hydrogen-bond acceptors (Lipinski definition) is 4. The van der Waals surface area contributed by atoms with Crippen molar-refractivity contribution in [2.45, 2.75) is 26.2 Å². The first-order chi connectivity index (χ1) is 7.27. The van der Waals surface area contributed by atoms with Crippen LogP contribution in [0.4, 0.5) is 0 Å². The monoisotopic (exact) mass is 208 g/mol. The second kappa shape index (κ2) is 4.57. The van der Waals surface area contributed by atoms with Gasteiger partial charge in [-0.05, 0) is 38.8 Å². The summed E-state index contributed by atoms with van der Waals surface area (Å²) in [7, 11) is 0. The zero-order valence-electron chi connectivity index (χ0n) is 8.95. The number of piperidine rings is 1. The van der Waals surface area contributed by atoms with Crippen LogP contribution in [0.3, 0.4) is 0 Å². The van der Waals surface area contributed by atoms with Gasteiger partial charge < -0.3 is 9.84 Å². The van der Waals surface area contributed by atoms with Crippen LogP contribution in [0, 0.1) is 5.92 Å². The molecule has 1 saturated heterocycles. The summed E-state index contributed by atoms with van der Waals surface area (Å²) in [6.07, 6.45) is 4.67. The standard InChI is InChI=1S/C11H16N2O2/c1-8(14)10-7-13-15-11(10)6-9-2-4-12-5-3-9/h7,9,12H,2-6H2,1H3. The third-order valence-corrected chi connectivity index (χ3v) is 2.96. The highest BCUT2D eigenvalue weighted by atomic mass is 16.5. The Bertz CT molecular complexity index is 340. The van der Waals surface area contributed by atoms with E-state index in [0.717, 1.165) is 38.1 Å². The second-order valence-corrected chi connectivity index (χ2v) is 4.12. The molecule has 1 aliphatic heterocycles. The predicted molar refractivity (Wildman–Crippen MR) is 55.8 cm³/mol. The summed E-state index contributed by atoms with van der Waals surface area (Å²) in [5.74, 6) is 1.42. The molecule has 0 radical (unpaired) electrons. The number of Topliss-reactive ketones (excluding diaryl/α,β-unsaturated/α-hetero) is 1. The summed E-state index contributed by atoms with van der Waals surface area (Å²) >= 11 is 0. The van der Waals surface area contributed by atoms with Gasteiger partial charge in [0.1, 0.15) is 5.76 Å². The van der Waals surface area contributed by atoms with E-state index in [1.807, 2.05) is 0 Å². The summed E-state index contributed by atoms with van der Waals surface area (Å²) in [6, 6.07) is 0. The molecule has 0 aromatic carbocycles. The highest BCUT2D eigenvalue weighted by Gasteiger charge is 2.19. The van der Waals surface area contributed by atoms with Gasteiger partial charge in [-0.25, -0.2) is 0 Å². The first kappa shape index (κ1) is 10.4. The Morgan fingerprint density at radius 2 is 2.33 bits per heavy atom. The van der Waals surface area contributed by atoms with Gasteiger partial charge in [0.25, 0.3) is 0 Å². The van der Waals surface area contributed by atoms with Crippen LogP contribution in [0.1, 0.15) is 35.9 Å². The molecule has 82 valence electrons. The van der Waals surface area contributed by atoms with E-state index < -0.39 is 0 Å². The van der Waals surface area contributed by atoms with Crippen LogP contribution in [0.2, 0.25) is 0 Å². The zero-order chi connectivity index (χ0) is 10.7. The minimum absolute atomic E-state index is 0.0418. The minimum atomic E-state index is 0.0418. The zero-order valence-corrected chi connectivity index (χ0v) is 8.95. The van der Waals surface area contributed by atoms with Crippen LogP contribution in [-0.2, 0) is 6.42 Å². The minimum Gasteiger partial charge on any atom is -0.361 e. The quantitative estimate of drug-likeness (QED) is 0.763. The maximum absolute atomic E-state index is 11.3. The number of carbonyl (C=O) groups excluding carboxylic acids is 1. The van der Waals surface area contributed by atoms with Gasteiger partial charge in [-0.15, -0.1) is 0 Å². The molecule has 2 rings (SSSR count). The maximum Gasteiger partial charge on any atom is 0.164 e. The van der Waals surface area contributed by atoms with Crippen molar-refractivity contribution in [3.63, 3.8) is 0 Å². The number of carbonyl (C=O) groups is 1. The molecule has 4 nitrogen and oxygen atoms in total. The lowest BCUT2D eigenvalue weighted by molar-refractivity contribution is 0.101. The lowest BCUT2D eigenvalue weighted by atomic mass is 9.92. The molecule has 1 aromatic heterocycles. The van der Waals surface area contributed by atoms with Crippen molar-refractivity contribution in [3.05, 3.63) is 17.5 Å². The van der Waals surface area contributed by atoms with Crippen molar-refractivity contribution in [2.24, 2.45) is 5.92 Å². The summed E-state index contributed by atoms with van der Waals surface area (Å²) in [5, 5.41) is 7.02. The molecular weight excluding hydrogens is 192 g/mol. The van der Waals surface area contributed by atoms with Crippen molar-refractivity contribution < 1.29 is 9.32 Å². The van der Waals surface area contributed by atoms with E-state index in [1.165, 1.54) is 6.20 Å². The highest BCUT2D eigenvalue weighted by molar-refractivity contribution is 5.94. The SMILES string of the molecule is CC(=O)c1cnoc1CC1CCNCC1. The first-order valence-corrected chi connectivity index (χ1v) is 5.42. The van der Waals surface area contributed by atoms with Gasteiger partial charge in [-0.1, -0.05) is 5.16 Å². The molecule has 1 fully saturated rings. The van der Waals surface area contributed by atoms with E-state index in [4.69, 9.17) is 4.52 Å². The van der Waals surface area contributed by atoms with Crippen molar-refractivity contribution in [1.82, 2.24) is 10.5 Å². The molecule has 4 heteroatoms. The van der Waals surface area contributed by atoms with Crippen LogP contribution in [0.25, 0.3) is 0 Å². The van der Waals surface area contributed by atoms with Crippen LogP contribution in [0.15, 0.2) is 10.7 Å². The number of nitrogens with zero attached hydrogens (tertiary/aromatic N) is 1. The molecule has 0 spiro atoms. The van der Waals surface area contributed by atoms with Crippen LogP contribution in [-0.4, -0.2) is 24.0 Å². The lowest BCUT2D eigenvalue weighted by Crippen LogP contribution is -2.28. The van der Waals surface area contributed by atoms with Gasteiger partial charge >= 0.3 is 0 Å². The van der Waals surface area contributed by atoms with Crippen molar-refractivity contribution in [1.29, 1.82) is 0 Å². The maximum atomic E-state index is 11.3. The number of hydrogen-bond donors (Lipinski definition) is 1. The van der Waals surface area contributed by atoms with Gasteiger partial charge in [0.2, 0.25) is 0 Å². The van der Waals surface area contributed by atoms with E-state index >= 15 is 0 Å². The van der Waals surface area contributed by atoms with E-state index in [2.05, 4.69) is 10.5 Å². The summed E-state index contributed by atoms with van der Waals surface area (Å²) in [5.41, 5.74) is 0.647. The topological polar surface area (TPSA) is 55.1 Å². The fourth-order valence-electron chi connectivity index (χ4n) is 2.05. The molecule has 0 aliphatic carbocycles. The molecule has 1 N–H and O–H groups in total. The number of aromatic nitrogens is 1. The largest absolute Gasteiger partial charge is 0.361 e. The second-order valence-electron chi connectivity index (χ2n) is 4.12. The lowest BCUT2D eigenvalue weighted by Gasteiger charge is -2.21. The van der Waals surface area contributed by atoms with Gasteiger partial charge in [0.15, 0.2) is 5.78 Å². The summed E-state index contributed by atoms with van der Waals surface area (Å²) < 4.78 is 5.14. The van der Waals surface area contributed by atoms with Gasteiger partial charge in [-0.3, -0.25) is 4.79 Å². The Labute approximate surface area is 89.0 Å². The molecule has 0 unspecified atom stereocenters. The molecule has 15 heavy (non-hydrogen) atoms. The summed E-state index contributed by atoms with van der Waals surface area (Å²) in [4.78, 5) is 11.3. The molecular formula is C11H16N2O2. The van der Waals surface area contributed by atoms with Crippen LogP contribution < -0.4 is 5.32 Å². The molecule has 0 amide bonds. The Morgan fingerprint density at radius 3 is 3.00 bits per heavy atom. The fraction of sp³-hybridized carbons (Fsp3) is 0.636. The number of ketones is 1. The molecule has 0 atom stereocenters. The number of nitrogens with one attached hydrogen (secondary N) is 1. The normalized spacial score (nSPS) is 17.9. The third-order valence-electron chi connectivity index (χ3n) is 2.96. The predicted octanol–water partition coefficient (Wildman–Crippen LogP) is 1.42. The van der Waals surface area contributed by atoms with E-state index in [1.54, 1.807) is 6.92 Å². The Morgan fingerprint density at radius 1 is 1.60 bits per heavy atom. The van der Waals surface area contributed by atoms with Crippen LogP contribution in [0.5, 0.6) is 0 Å². The van der Waals surface area contributed by atoms with Gasteiger partial charge in [0, 0.05) is 6.42 Å². The molecule has 2 heterocycles. The van der Waals surface area contributed by atoms with Crippen molar-refractivity contribution in [2.75, 3.05) is 13.1 Å². The van der Waals surface area contributed by atoms with Crippen molar-refractivity contribution in [3.8, 4) is 0 Å². The average molecular weight is 208 g/mol. The Balaban J connectivity index is 2.03. The fourth-order valence-corrected chi connectivity index (χ4v) is 2.05. The van der Waals surface area contributed by atoms with E-state index in [-0.39, 0.29) is 5.78 Å². The van der Waals surface area contributed by atoms with Gasteiger partial charge in [-0.2, -0.15) is 0 Å². The average Bonchev–Trinajstić information content (AvgIpc) is 2.67. The molecule has 1 aromatic rings. The van der Waals surface area contributed by atoms with Gasteiger partial charge in [0.05, 0.1) is 11.8 Å². The Kier molecular flexibility index (Phi) is 3.16. The molecule has 0 saturated carbocycles. The van der Waals surface area contributed by atoms with E-state index in [9.17, 15) is 4.79 Å². The highest BCUT2D eigenvalue weighted by Crippen LogP contribution is 2.20. The van der Waals surface area contributed by atoms with Crippen LogP contribution >= 0.6 is 0 Å². The number of rotatable bonds is 3. The summed E-state index contributed by atoms with van der Waals surface area (Å²) in [6.45, 7) is 3.68. The third kappa shape index (κ3) is 2.45. The Hall–Kier alpha value is -1.16. The van der Waals surface area contributed by atoms with Crippen molar-refractivity contribution >= 4 is 5.78 Å².